The van der Waals surface area contributed by atoms with Gasteiger partial charge in [0.15, 0.2) is 0 Å². The summed E-state index contributed by atoms with van der Waals surface area (Å²) in [6.07, 6.45) is 1.09. The maximum Gasteiger partial charge on any atom is 0.287 e. The van der Waals surface area contributed by atoms with Crippen LogP contribution in [0.3, 0.4) is 0 Å². The van der Waals surface area contributed by atoms with Crippen molar-refractivity contribution in [3.05, 3.63) is 30.3 Å². The van der Waals surface area contributed by atoms with E-state index in [2.05, 4.69) is 5.09 Å². The topological polar surface area (TPSA) is 30.5 Å². The van der Waals surface area contributed by atoms with Crippen molar-refractivity contribution in [2.75, 3.05) is 11.7 Å². The minimum Gasteiger partial charge on any atom is -0.316 e. The Morgan fingerprint density at radius 2 is 2.13 bits per heavy atom. The van der Waals surface area contributed by atoms with Crippen LogP contribution in [-0.2, 0) is 20.9 Å². The number of benzene rings is 1. The predicted molar refractivity (Wildman–Crippen MR) is 65.5 cm³/mol. The van der Waals surface area contributed by atoms with Gasteiger partial charge < -0.3 is 14.1 Å². The molecule has 3 nitrogen and oxygen atoms in total. The lowest BCUT2D eigenvalue weighted by atomic mass is 10.3. The van der Waals surface area contributed by atoms with Crippen LogP contribution in [0.1, 0.15) is 13.3 Å². The lowest BCUT2D eigenvalue weighted by molar-refractivity contribution is 0.121. The van der Waals surface area contributed by atoms with Gasteiger partial charge in [0.2, 0.25) is 0 Å². The minimum atomic E-state index is -2.31. The summed E-state index contributed by atoms with van der Waals surface area (Å²) in [4.78, 5) is 0. The highest BCUT2D eigenvalue weighted by Gasteiger charge is 2.26. The molecule has 1 aliphatic rings. The van der Waals surface area contributed by atoms with E-state index in [1.54, 1.807) is 0 Å². The zero-order chi connectivity index (χ0) is 10.7. The molecule has 0 saturated carbocycles. The van der Waals surface area contributed by atoms with Crippen molar-refractivity contribution in [1.82, 2.24) is 0 Å². The molecule has 2 atom stereocenters. The summed E-state index contributed by atoms with van der Waals surface area (Å²) in [6, 6.07) is 9.79. The SMILES string of the molecule is C[C@@H]1CCO[P@](=S)(Nc2ccccc2)O1. The van der Waals surface area contributed by atoms with E-state index in [0.717, 1.165) is 12.1 Å². The lowest BCUT2D eigenvalue weighted by Crippen LogP contribution is -2.20. The van der Waals surface area contributed by atoms with Gasteiger partial charge in [-0.3, -0.25) is 0 Å². The first-order valence-electron chi connectivity index (χ1n) is 4.94. The van der Waals surface area contributed by atoms with E-state index in [1.165, 1.54) is 0 Å². The minimum absolute atomic E-state index is 0.181. The summed E-state index contributed by atoms with van der Waals surface area (Å²) in [7, 11) is 0. The van der Waals surface area contributed by atoms with Gasteiger partial charge in [-0.1, -0.05) is 18.2 Å². The maximum absolute atomic E-state index is 5.67. The molecule has 0 bridgehead atoms. The van der Waals surface area contributed by atoms with Crippen LogP contribution >= 0.6 is 6.64 Å². The van der Waals surface area contributed by atoms with Gasteiger partial charge in [0.1, 0.15) is 0 Å². The van der Waals surface area contributed by atoms with Crippen molar-refractivity contribution < 1.29 is 9.05 Å². The molecule has 0 amide bonds. The molecule has 1 aromatic carbocycles. The van der Waals surface area contributed by atoms with Gasteiger partial charge >= 0.3 is 0 Å². The standard InChI is InChI=1S/C10H14NO2PS/c1-9-7-8-12-14(15,13-9)11-10-5-3-2-4-6-10/h2-6,9H,7-8H2,1H3,(H,11,15)/t9-,14-/m1/s1. The summed E-state index contributed by atoms with van der Waals surface area (Å²) in [5, 5.41) is 3.17. The second-order valence-electron chi connectivity index (χ2n) is 3.51. The molecule has 15 heavy (non-hydrogen) atoms. The van der Waals surface area contributed by atoms with Gasteiger partial charge in [-0.15, -0.1) is 0 Å². The van der Waals surface area contributed by atoms with E-state index in [-0.39, 0.29) is 6.10 Å². The molecule has 1 heterocycles. The fraction of sp³-hybridized carbons (Fsp3) is 0.400. The number of hydrogen-bond acceptors (Lipinski definition) is 3. The van der Waals surface area contributed by atoms with Gasteiger partial charge in [-0.25, -0.2) is 0 Å². The van der Waals surface area contributed by atoms with E-state index in [1.807, 2.05) is 37.3 Å². The Morgan fingerprint density at radius 1 is 1.40 bits per heavy atom. The summed E-state index contributed by atoms with van der Waals surface area (Å²) < 4.78 is 11.2. The highest BCUT2D eigenvalue weighted by atomic mass is 32.5. The Balaban J connectivity index is 2.07. The van der Waals surface area contributed by atoms with E-state index < -0.39 is 6.64 Å². The number of anilines is 1. The van der Waals surface area contributed by atoms with Crippen molar-refractivity contribution in [2.24, 2.45) is 0 Å². The summed E-state index contributed by atoms with van der Waals surface area (Å²) in [6.45, 7) is 0.395. The molecule has 1 aromatic rings. The molecule has 1 saturated heterocycles. The lowest BCUT2D eigenvalue weighted by Gasteiger charge is -2.31. The largest absolute Gasteiger partial charge is 0.316 e. The first kappa shape index (κ1) is 11.1. The zero-order valence-electron chi connectivity index (χ0n) is 8.55. The first-order chi connectivity index (χ1) is 7.18. The Kier molecular flexibility index (Phi) is 3.42. The van der Waals surface area contributed by atoms with Crippen LogP contribution in [0.25, 0.3) is 0 Å². The molecule has 0 aromatic heterocycles. The van der Waals surface area contributed by atoms with Crippen LogP contribution < -0.4 is 5.09 Å². The van der Waals surface area contributed by atoms with E-state index in [4.69, 9.17) is 20.9 Å². The molecule has 5 heteroatoms. The highest BCUT2D eigenvalue weighted by molar-refractivity contribution is 8.10. The fourth-order valence-electron chi connectivity index (χ4n) is 1.39. The summed E-state index contributed by atoms with van der Waals surface area (Å²) in [5.41, 5.74) is 0.954. The second kappa shape index (κ2) is 4.62. The molecular formula is C10H14NO2PS. The van der Waals surface area contributed by atoms with Crippen LogP contribution in [0.4, 0.5) is 5.69 Å². The first-order valence-corrected chi connectivity index (χ1v) is 7.58. The molecular weight excluding hydrogens is 229 g/mol. The number of rotatable bonds is 2. The third-order valence-corrected chi connectivity index (χ3v) is 4.68. The Morgan fingerprint density at radius 3 is 2.80 bits per heavy atom. The molecule has 1 aliphatic heterocycles. The van der Waals surface area contributed by atoms with Crippen molar-refractivity contribution in [3.8, 4) is 0 Å². The van der Waals surface area contributed by atoms with Gasteiger partial charge in [0.25, 0.3) is 6.64 Å². The van der Waals surface area contributed by atoms with Gasteiger partial charge in [-0.05, 0) is 37.3 Å². The van der Waals surface area contributed by atoms with Gasteiger partial charge in [-0.2, -0.15) is 0 Å². The molecule has 0 radical (unpaired) electrons. The molecule has 82 valence electrons. The Bertz CT molecular complexity index is 371. The monoisotopic (exact) mass is 243 g/mol. The Hall–Kier alpha value is -0.410. The van der Waals surface area contributed by atoms with Crippen molar-refractivity contribution in [3.63, 3.8) is 0 Å². The Labute approximate surface area is 95.0 Å². The average molecular weight is 243 g/mol. The molecule has 1 fully saturated rings. The van der Waals surface area contributed by atoms with E-state index in [9.17, 15) is 0 Å². The van der Waals surface area contributed by atoms with Gasteiger partial charge in [0, 0.05) is 5.69 Å². The van der Waals surface area contributed by atoms with Crippen molar-refractivity contribution >= 4 is 24.1 Å². The van der Waals surface area contributed by atoms with Crippen LogP contribution in [-0.4, -0.2) is 12.7 Å². The molecule has 2 rings (SSSR count). The molecule has 0 aliphatic carbocycles. The summed E-state index contributed by atoms with van der Waals surface area (Å²) >= 11 is 5.37. The van der Waals surface area contributed by atoms with E-state index >= 15 is 0 Å². The fourth-order valence-corrected chi connectivity index (χ4v) is 3.94. The van der Waals surface area contributed by atoms with Crippen LogP contribution in [0.5, 0.6) is 0 Å². The van der Waals surface area contributed by atoms with Crippen LogP contribution in [0.15, 0.2) is 30.3 Å². The third-order valence-electron chi connectivity index (χ3n) is 2.14. The second-order valence-corrected chi connectivity index (χ2v) is 6.64. The smallest absolute Gasteiger partial charge is 0.287 e. The quantitative estimate of drug-likeness (QED) is 0.808. The number of para-hydroxylation sites is 1. The highest BCUT2D eigenvalue weighted by Crippen LogP contribution is 2.52. The van der Waals surface area contributed by atoms with E-state index in [0.29, 0.717) is 6.61 Å². The predicted octanol–water partition coefficient (Wildman–Crippen LogP) is 3.15. The molecule has 0 spiro atoms. The summed E-state index contributed by atoms with van der Waals surface area (Å²) in [5.74, 6) is 0. The van der Waals surface area contributed by atoms with Crippen LogP contribution in [0, 0.1) is 0 Å². The zero-order valence-corrected chi connectivity index (χ0v) is 10.3. The average Bonchev–Trinajstić information content (AvgIpc) is 2.18. The third kappa shape index (κ3) is 3.02. The normalized spacial score (nSPS) is 31.1. The number of hydrogen-bond donors (Lipinski definition) is 1. The van der Waals surface area contributed by atoms with Crippen molar-refractivity contribution in [1.29, 1.82) is 0 Å². The molecule has 1 N–H and O–H groups in total. The van der Waals surface area contributed by atoms with Crippen LogP contribution in [0.2, 0.25) is 0 Å². The molecule has 0 unspecified atom stereocenters. The number of nitrogens with one attached hydrogen (secondary N) is 1. The van der Waals surface area contributed by atoms with Gasteiger partial charge in [0.05, 0.1) is 12.7 Å². The van der Waals surface area contributed by atoms with Crippen molar-refractivity contribution in [2.45, 2.75) is 19.4 Å². The maximum atomic E-state index is 5.67.